The Morgan fingerprint density at radius 1 is 0.654 bits per heavy atom. The first-order chi connectivity index (χ1) is 24.8. The fourth-order valence-electron chi connectivity index (χ4n) is 5.42. The van der Waals surface area contributed by atoms with Crippen LogP contribution in [0.2, 0.25) is 0 Å². The molecule has 0 fully saturated rings. The minimum absolute atomic E-state index is 0. The average Bonchev–Trinajstić information content (AvgIpc) is 3.14. The van der Waals surface area contributed by atoms with E-state index in [-0.39, 0.29) is 33.1 Å². The minimum Gasteiger partial charge on any atom is -0.469 e. The zero-order valence-corrected chi connectivity index (χ0v) is 30.7. The van der Waals surface area contributed by atoms with Crippen LogP contribution in [-0.2, 0) is 57.8 Å². The van der Waals surface area contributed by atoms with Crippen LogP contribution >= 0.6 is 0 Å². The number of hydrogen-bond donors (Lipinski definition) is 2. The largest absolute Gasteiger partial charge is 0.469 e. The molecule has 0 saturated heterocycles. The predicted octanol–water partition coefficient (Wildman–Crippen LogP) is 7.17. The molecule has 4 rings (SSSR count). The van der Waals surface area contributed by atoms with E-state index in [1.807, 2.05) is 113 Å². The Kier molecular flexibility index (Phi) is 15.6. The minimum atomic E-state index is -0.592. The Morgan fingerprint density at radius 2 is 1.12 bits per heavy atom. The number of hydrogen-bond acceptors (Lipinski definition) is 10. The van der Waals surface area contributed by atoms with E-state index in [2.05, 4.69) is 0 Å². The molecule has 4 N–H and O–H groups in total. The summed E-state index contributed by atoms with van der Waals surface area (Å²) >= 11 is 0. The lowest BCUT2D eigenvalue weighted by molar-refractivity contribution is -0.154. The standard InChI is InChI=1S/C21H25NO4.C21H23NO4.H2/c2*1-14-9-17(10-15(2)20(14)22)11-18(21(24)25-3)12-19(23)26-13-16-7-5-4-6-8-16;/h4-10,18H,11-13,22H2,1-3H3;4-11H,12-13,22H2,1-3H3;1H/b;18-11-;/t18-;;/m0../s1. The van der Waals surface area contributed by atoms with Gasteiger partial charge in [0.25, 0.3) is 0 Å². The highest BCUT2D eigenvalue weighted by molar-refractivity contribution is 5.98. The highest BCUT2D eigenvalue weighted by atomic mass is 16.5. The molecule has 0 aromatic heterocycles. The Morgan fingerprint density at radius 3 is 1.58 bits per heavy atom. The van der Waals surface area contributed by atoms with Gasteiger partial charge in [0.2, 0.25) is 0 Å². The van der Waals surface area contributed by atoms with Crippen LogP contribution in [0.1, 0.15) is 58.8 Å². The maximum absolute atomic E-state index is 12.2. The Hall–Kier alpha value is -5.90. The molecular formula is C42H50N2O8. The van der Waals surface area contributed by atoms with Crippen LogP contribution < -0.4 is 11.5 Å². The Labute approximate surface area is 307 Å². The number of rotatable bonds is 13. The van der Waals surface area contributed by atoms with Crippen molar-refractivity contribution in [1.29, 1.82) is 0 Å². The third-order valence-electron chi connectivity index (χ3n) is 8.31. The van der Waals surface area contributed by atoms with Gasteiger partial charge in [-0.05, 0) is 96.8 Å². The molecule has 0 amide bonds. The summed E-state index contributed by atoms with van der Waals surface area (Å²) in [6.07, 6.45) is 1.84. The number of nitrogen functional groups attached to an aromatic ring is 2. The second kappa shape index (κ2) is 20.1. The molecule has 0 bridgehead atoms. The van der Waals surface area contributed by atoms with Crippen LogP contribution in [0.5, 0.6) is 0 Å². The van der Waals surface area contributed by atoms with E-state index >= 15 is 0 Å². The van der Waals surface area contributed by atoms with Gasteiger partial charge in [0.1, 0.15) is 13.2 Å². The summed E-state index contributed by atoms with van der Waals surface area (Å²) in [6, 6.07) is 26.4. The molecule has 1 atom stereocenters. The molecule has 4 aromatic carbocycles. The number of carbonyl (C=O) groups excluding carboxylic acids is 4. The van der Waals surface area contributed by atoms with Crippen LogP contribution in [0.25, 0.3) is 6.08 Å². The molecular weight excluding hydrogens is 660 g/mol. The van der Waals surface area contributed by atoms with E-state index in [1.165, 1.54) is 14.2 Å². The number of esters is 4. The molecule has 10 nitrogen and oxygen atoms in total. The smallest absolute Gasteiger partial charge is 0.334 e. The Balaban J connectivity index is 0.000000360. The van der Waals surface area contributed by atoms with Gasteiger partial charge in [0.05, 0.1) is 33.0 Å². The van der Waals surface area contributed by atoms with Crippen molar-refractivity contribution in [2.75, 3.05) is 25.7 Å². The predicted molar refractivity (Wildman–Crippen MR) is 204 cm³/mol. The molecule has 0 heterocycles. The van der Waals surface area contributed by atoms with E-state index in [1.54, 1.807) is 6.08 Å². The number of methoxy groups -OCH3 is 2. The first-order valence-electron chi connectivity index (χ1n) is 16.8. The summed E-state index contributed by atoms with van der Waals surface area (Å²) in [6.45, 7) is 7.99. The van der Waals surface area contributed by atoms with E-state index in [0.717, 1.165) is 50.2 Å². The summed E-state index contributed by atoms with van der Waals surface area (Å²) in [5.74, 6) is -2.49. The number of ether oxygens (including phenoxy) is 4. The van der Waals surface area contributed by atoms with Crippen LogP contribution in [0.3, 0.4) is 0 Å². The third-order valence-corrected chi connectivity index (χ3v) is 8.31. The van der Waals surface area contributed by atoms with Gasteiger partial charge in [-0.3, -0.25) is 14.4 Å². The van der Waals surface area contributed by atoms with E-state index in [4.69, 9.17) is 30.4 Å². The molecule has 0 aliphatic carbocycles. The van der Waals surface area contributed by atoms with Gasteiger partial charge >= 0.3 is 23.9 Å². The second-order valence-electron chi connectivity index (χ2n) is 12.5. The fourth-order valence-corrected chi connectivity index (χ4v) is 5.42. The normalized spacial score (nSPS) is 11.4. The summed E-state index contributed by atoms with van der Waals surface area (Å²) in [4.78, 5) is 48.5. The van der Waals surface area contributed by atoms with Crippen molar-refractivity contribution in [3.05, 3.63) is 135 Å². The molecule has 10 heteroatoms. The quantitative estimate of drug-likeness (QED) is 0.0631. The molecule has 0 aliphatic heterocycles. The van der Waals surface area contributed by atoms with Gasteiger partial charge in [-0.1, -0.05) is 72.8 Å². The molecule has 0 saturated carbocycles. The van der Waals surface area contributed by atoms with Gasteiger partial charge in [-0.15, -0.1) is 0 Å². The van der Waals surface area contributed by atoms with Gasteiger partial charge in [-0.25, -0.2) is 4.79 Å². The van der Waals surface area contributed by atoms with Crippen molar-refractivity contribution >= 4 is 41.3 Å². The molecule has 0 radical (unpaired) electrons. The van der Waals surface area contributed by atoms with Crippen molar-refractivity contribution in [2.24, 2.45) is 5.92 Å². The van der Waals surface area contributed by atoms with E-state index in [9.17, 15) is 19.2 Å². The third kappa shape index (κ3) is 12.8. The van der Waals surface area contributed by atoms with Crippen LogP contribution in [0, 0.1) is 33.6 Å². The number of benzene rings is 4. The van der Waals surface area contributed by atoms with Crippen molar-refractivity contribution < 1.29 is 39.6 Å². The number of nitrogens with two attached hydrogens (primary N) is 2. The first-order valence-corrected chi connectivity index (χ1v) is 16.8. The van der Waals surface area contributed by atoms with Crippen LogP contribution in [0.15, 0.2) is 90.5 Å². The van der Waals surface area contributed by atoms with Gasteiger partial charge in [0.15, 0.2) is 0 Å². The second-order valence-corrected chi connectivity index (χ2v) is 12.5. The fraction of sp³-hybridized carbons (Fsp3) is 0.286. The summed E-state index contributed by atoms with van der Waals surface area (Å²) in [5.41, 5.74) is 20.9. The van der Waals surface area contributed by atoms with Crippen LogP contribution in [0.4, 0.5) is 11.4 Å². The lowest BCUT2D eigenvalue weighted by atomic mass is 9.93. The maximum Gasteiger partial charge on any atom is 0.334 e. The lowest BCUT2D eigenvalue weighted by Gasteiger charge is -2.16. The topological polar surface area (TPSA) is 157 Å². The SMILES string of the molecule is COC(=O)/C(=C\c1cc(C)c(N)c(C)c1)CC(=O)OCc1ccccc1.COC(=O)[C@H](CC(=O)OCc1ccccc1)Cc1cc(C)c(N)c(C)c1.[HH]. The zero-order valence-electron chi connectivity index (χ0n) is 30.7. The molecule has 0 spiro atoms. The molecule has 276 valence electrons. The summed E-state index contributed by atoms with van der Waals surface area (Å²) in [7, 11) is 2.61. The highest BCUT2D eigenvalue weighted by Gasteiger charge is 2.24. The Bertz CT molecular complexity index is 1830. The van der Waals surface area contributed by atoms with E-state index < -0.39 is 29.8 Å². The van der Waals surface area contributed by atoms with Crippen molar-refractivity contribution in [1.82, 2.24) is 0 Å². The summed E-state index contributed by atoms with van der Waals surface area (Å²) < 4.78 is 20.2. The van der Waals surface area contributed by atoms with Gasteiger partial charge in [-0.2, -0.15) is 0 Å². The molecule has 52 heavy (non-hydrogen) atoms. The number of anilines is 2. The van der Waals surface area contributed by atoms with Crippen molar-refractivity contribution in [3.63, 3.8) is 0 Å². The average molecular weight is 711 g/mol. The van der Waals surface area contributed by atoms with Crippen molar-refractivity contribution in [3.8, 4) is 0 Å². The van der Waals surface area contributed by atoms with Crippen molar-refractivity contribution in [2.45, 2.75) is 60.2 Å². The zero-order chi connectivity index (χ0) is 38.2. The lowest BCUT2D eigenvalue weighted by Crippen LogP contribution is -2.23. The summed E-state index contributed by atoms with van der Waals surface area (Å²) in [5, 5.41) is 0. The maximum atomic E-state index is 12.2. The monoisotopic (exact) mass is 710 g/mol. The van der Waals surface area contributed by atoms with Gasteiger partial charge < -0.3 is 30.4 Å². The first kappa shape index (κ1) is 40.5. The number of aryl methyl sites for hydroxylation is 4. The van der Waals surface area contributed by atoms with Gasteiger partial charge in [0, 0.05) is 18.4 Å². The number of carbonyl (C=O) groups is 4. The highest BCUT2D eigenvalue weighted by Crippen LogP contribution is 2.24. The molecule has 0 unspecified atom stereocenters. The molecule has 4 aromatic rings. The molecule has 0 aliphatic rings. The van der Waals surface area contributed by atoms with Crippen LogP contribution in [-0.4, -0.2) is 38.1 Å². The van der Waals surface area contributed by atoms with E-state index in [0.29, 0.717) is 12.1 Å².